The molecule has 231 valence electrons. The minimum Gasteiger partial charge on any atom is -0.289 e. The van der Waals surface area contributed by atoms with Crippen LogP contribution in [0.1, 0.15) is 19.3 Å². The Morgan fingerprint density at radius 2 is 0.350 bits per heavy atom. The molecule has 0 bridgehead atoms. The summed E-state index contributed by atoms with van der Waals surface area (Å²) < 4.78 is 204. The number of ketones is 6. The molecule has 0 fully saturated rings. The number of carbonyl (C=O) groups is 6. The van der Waals surface area contributed by atoms with E-state index in [4.69, 9.17) is 0 Å². The second-order valence-corrected chi connectivity index (χ2v) is 6.06. The Bertz CT molecular complexity index is 726. The average molecular weight is 763 g/mol. The van der Waals surface area contributed by atoms with Crippen molar-refractivity contribution in [2.45, 2.75) is 56.3 Å². The summed E-state index contributed by atoms with van der Waals surface area (Å²) in [5.41, 5.74) is 0. The van der Waals surface area contributed by atoms with Gasteiger partial charge in [-0.2, -0.15) is 79.0 Å². The third kappa shape index (κ3) is 20.8. The molecule has 25 heteroatoms. The summed E-state index contributed by atoms with van der Waals surface area (Å²) >= 11 is 0. The van der Waals surface area contributed by atoms with Crippen molar-refractivity contribution in [1.82, 2.24) is 0 Å². The van der Waals surface area contributed by atoms with E-state index < -0.39 is 91.0 Å². The van der Waals surface area contributed by atoms with E-state index in [1.165, 1.54) is 0 Å². The maximum absolute atomic E-state index is 11.3. The van der Waals surface area contributed by atoms with Crippen LogP contribution in [0.15, 0.2) is 0 Å². The van der Waals surface area contributed by atoms with Crippen molar-refractivity contribution < 1.29 is 143 Å². The average Bonchev–Trinajstić information content (AvgIpc) is 2.64. The van der Waals surface area contributed by atoms with Gasteiger partial charge in [0.15, 0.2) is 0 Å². The van der Waals surface area contributed by atoms with Crippen molar-refractivity contribution in [3.05, 3.63) is 0 Å². The third-order valence-corrected chi connectivity index (χ3v) is 2.86. The molecule has 0 aliphatic heterocycles. The van der Waals surface area contributed by atoms with Crippen LogP contribution >= 0.6 is 0 Å². The summed E-state index contributed by atoms with van der Waals surface area (Å²) in [6.45, 7) is 0. The molecule has 0 saturated heterocycles. The fraction of sp³-hybridized carbons (Fsp3) is 0.600. The van der Waals surface area contributed by atoms with E-state index in [2.05, 4.69) is 0 Å². The predicted octanol–water partition coefficient (Wildman–Crippen LogP) is 4.92. The van der Waals surface area contributed by atoms with Crippen LogP contribution in [-0.4, -0.2) is 71.8 Å². The zero-order valence-electron chi connectivity index (χ0n) is 18.0. The molecule has 0 aromatic rings. The molecule has 0 amide bonds. The van der Waals surface area contributed by atoms with Gasteiger partial charge in [0.25, 0.3) is 0 Å². The molecule has 0 aliphatic rings. The van der Waals surface area contributed by atoms with Gasteiger partial charge in [0.1, 0.15) is 0 Å². The first-order valence-electron chi connectivity index (χ1n) is 8.25. The molecule has 6 nitrogen and oxygen atoms in total. The van der Waals surface area contributed by atoms with Gasteiger partial charge in [-0.15, -0.1) is 0 Å². The van der Waals surface area contributed by atoms with E-state index in [0.29, 0.717) is 0 Å². The molecule has 0 N–H and O–H groups in total. The van der Waals surface area contributed by atoms with Crippen molar-refractivity contribution in [1.29, 1.82) is 0 Å². The standard InChI is InChI=1S/3C5H2F6O2.La/c3*6-4(7,8)2(12)1-3(13)5(9,10)11;/h3*1H2;. The first kappa shape index (κ1) is 45.0. The van der Waals surface area contributed by atoms with Gasteiger partial charge in [0.05, 0.1) is 19.3 Å². The summed E-state index contributed by atoms with van der Waals surface area (Å²) in [4.78, 5) is 59.3. The van der Waals surface area contributed by atoms with Gasteiger partial charge in [0.2, 0.25) is 34.7 Å². The van der Waals surface area contributed by atoms with Crippen molar-refractivity contribution in [2.75, 3.05) is 0 Å². The molecule has 0 unspecified atom stereocenters. The molecule has 0 atom stereocenters. The van der Waals surface area contributed by atoms with Crippen LogP contribution in [0, 0.1) is 35.6 Å². The summed E-state index contributed by atoms with van der Waals surface area (Å²) in [5, 5.41) is 0. The first-order valence-corrected chi connectivity index (χ1v) is 8.25. The number of rotatable bonds is 6. The van der Waals surface area contributed by atoms with Gasteiger partial charge >= 0.3 is 37.1 Å². The maximum Gasteiger partial charge on any atom is 0.450 e. The largest absolute Gasteiger partial charge is 0.450 e. The SMILES string of the molecule is O=C(CC(=O)C(F)(F)F)C(F)(F)F.O=C(CC(=O)C(F)(F)F)C(F)(F)F.O=C(CC(=O)C(F)(F)F)C(F)(F)F.[La]. The Hall–Kier alpha value is -2.05. The Labute approximate surface area is 234 Å². The number of hydrogen-bond donors (Lipinski definition) is 0. The van der Waals surface area contributed by atoms with Crippen LogP contribution in [-0.2, 0) is 28.8 Å². The summed E-state index contributed by atoms with van der Waals surface area (Å²) in [6.07, 6.45) is -39.0. The molecule has 0 spiro atoms. The van der Waals surface area contributed by atoms with E-state index >= 15 is 0 Å². The minimum absolute atomic E-state index is 0. The van der Waals surface area contributed by atoms with Crippen LogP contribution < -0.4 is 0 Å². The normalized spacial score (nSPS) is 12.4. The number of alkyl halides is 18. The van der Waals surface area contributed by atoms with Crippen molar-refractivity contribution in [2.24, 2.45) is 0 Å². The van der Waals surface area contributed by atoms with Crippen LogP contribution in [0.25, 0.3) is 0 Å². The molecule has 0 aromatic heterocycles. The second kappa shape index (κ2) is 15.8. The predicted molar refractivity (Wildman–Crippen MR) is 80.2 cm³/mol. The van der Waals surface area contributed by atoms with Crippen LogP contribution in [0.5, 0.6) is 0 Å². The molecule has 0 aromatic carbocycles. The van der Waals surface area contributed by atoms with E-state index in [1.807, 2.05) is 0 Å². The maximum atomic E-state index is 11.3. The van der Waals surface area contributed by atoms with Crippen LogP contribution in [0.4, 0.5) is 79.0 Å². The molecular weight excluding hydrogens is 757 g/mol. The third-order valence-electron chi connectivity index (χ3n) is 2.86. The molecule has 40 heavy (non-hydrogen) atoms. The molecule has 0 heterocycles. The fourth-order valence-electron chi connectivity index (χ4n) is 1.04. The molecule has 1 radical (unpaired) electrons. The van der Waals surface area contributed by atoms with E-state index in [1.54, 1.807) is 0 Å². The first-order chi connectivity index (χ1) is 16.6. The molecule has 0 aliphatic carbocycles. The van der Waals surface area contributed by atoms with Crippen LogP contribution in [0.3, 0.4) is 0 Å². The quantitative estimate of drug-likeness (QED) is 0.282. The smallest absolute Gasteiger partial charge is 0.289 e. The van der Waals surface area contributed by atoms with Crippen molar-refractivity contribution in [3.8, 4) is 0 Å². The topological polar surface area (TPSA) is 102 Å². The fourth-order valence-corrected chi connectivity index (χ4v) is 1.04. The summed E-state index contributed by atoms with van der Waals surface area (Å²) in [5.74, 6) is -16.2. The Kier molecular flexibility index (Phi) is 17.8. The van der Waals surface area contributed by atoms with E-state index in [9.17, 15) is 108 Å². The number of carbonyl (C=O) groups excluding carboxylic acids is 6. The van der Waals surface area contributed by atoms with E-state index in [-0.39, 0.29) is 35.6 Å². The second-order valence-electron chi connectivity index (χ2n) is 6.06. The number of hydrogen-bond acceptors (Lipinski definition) is 6. The van der Waals surface area contributed by atoms with Crippen molar-refractivity contribution in [3.63, 3.8) is 0 Å². The Balaban J connectivity index is -0.000000240. The Morgan fingerprint density at radius 3 is 0.400 bits per heavy atom. The van der Waals surface area contributed by atoms with Gasteiger partial charge in [-0.05, 0) is 0 Å². The van der Waals surface area contributed by atoms with Crippen LogP contribution in [0.2, 0.25) is 0 Å². The zero-order valence-corrected chi connectivity index (χ0v) is 21.6. The van der Waals surface area contributed by atoms with Crippen molar-refractivity contribution >= 4 is 34.7 Å². The van der Waals surface area contributed by atoms with Gasteiger partial charge in [0, 0.05) is 35.6 Å². The molecular formula is C15H6F18LaO6. The zero-order chi connectivity index (χ0) is 32.6. The number of halogens is 18. The summed E-state index contributed by atoms with van der Waals surface area (Å²) in [7, 11) is 0. The molecule has 0 saturated carbocycles. The van der Waals surface area contributed by atoms with Gasteiger partial charge in [-0.1, -0.05) is 0 Å². The molecule has 0 rings (SSSR count). The van der Waals surface area contributed by atoms with Gasteiger partial charge < -0.3 is 0 Å². The Morgan fingerprint density at radius 1 is 0.275 bits per heavy atom. The number of Topliss-reactive ketones (excluding diaryl/α,β-unsaturated/α-hetero) is 6. The van der Waals surface area contributed by atoms with Gasteiger partial charge in [-0.3, -0.25) is 28.8 Å². The van der Waals surface area contributed by atoms with Gasteiger partial charge in [-0.25, -0.2) is 0 Å². The minimum atomic E-state index is -5.40. The van der Waals surface area contributed by atoms with E-state index in [0.717, 1.165) is 0 Å². The summed E-state index contributed by atoms with van der Waals surface area (Å²) in [6, 6.07) is 0. The monoisotopic (exact) mass is 763 g/mol.